The molecule has 4 heteroatoms. The van der Waals surface area contributed by atoms with E-state index in [9.17, 15) is 4.39 Å². The Morgan fingerprint density at radius 3 is 2.93 bits per heavy atom. The number of hydrogen-bond acceptors (Lipinski definition) is 2. The van der Waals surface area contributed by atoms with Crippen LogP contribution in [-0.2, 0) is 6.54 Å². The molecular formula is C11H12FN3. The first-order chi connectivity index (χ1) is 7.33. The van der Waals surface area contributed by atoms with Gasteiger partial charge in [0.1, 0.15) is 5.82 Å². The van der Waals surface area contributed by atoms with Crippen LogP contribution in [0.3, 0.4) is 0 Å². The Hall–Kier alpha value is -1.68. The quantitative estimate of drug-likeness (QED) is 0.803. The lowest BCUT2D eigenvalue weighted by molar-refractivity contribution is 0.630. The van der Waals surface area contributed by atoms with E-state index < -0.39 is 0 Å². The molecule has 0 fully saturated rings. The SMILES string of the molecule is CNCc1[nH]cnc1-c1ccccc1F. The van der Waals surface area contributed by atoms with Crippen LogP contribution in [0.15, 0.2) is 30.6 Å². The van der Waals surface area contributed by atoms with Crippen molar-refractivity contribution < 1.29 is 4.39 Å². The number of rotatable bonds is 3. The summed E-state index contributed by atoms with van der Waals surface area (Å²) >= 11 is 0. The summed E-state index contributed by atoms with van der Waals surface area (Å²) in [6, 6.07) is 6.64. The number of halogens is 1. The maximum atomic E-state index is 13.5. The van der Waals surface area contributed by atoms with Gasteiger partial charge in [0.2, 0.25) is 0 Å². The van der Waals surface area contributed by atoms with E-state index in [1.165, 1.54) is 6.07 Å². The highest BCUT2D eigenvalue weighted by atomic mass is 19.1. The first-order valence-corrected chi connectivity index (χ1v) is 4.74. The minimum absolute atomic E-state index is 0.248. The van der Waals surface area contributed by atoms with Gasteiger partial charge in [0.25, 0.3) is 0 Å². The van der Waals surface area contributed by atoms with Crippen LogP contribution in [0.5, 0.6) is 0 Å². The van der Waals surface area contributed by atoms with Crippen molar-refractivity contribution in [2.75, 3.05) is 7.05 Å². The molecule has 0 aliphatic rings. The number of hydrogen-bond donors (Lipinski definition) is 2. The monoisotopic (exact) mass is 205 g/mol. The van der Waals surface area contributed by atoms with E-state index in [1.54, 1.807) is 24.5 Å². The summed E-state index contributed by atoms with van der Waals surface area (Å²) in [5.74, 6) is -0.248. The molecule has 0 atom stereocenters. The first kappa shape index (κ1) is 9.86. The molecule has 0 saturated heterocycles. The third kappa shape index (κ3) is 1.89. The summed E-state index contributed by atoms with van der Waals surface area (Å²) in [5, 5.41) is 3.01. The Balaban J connectivity index is 2.45. The predicted octanol–water partition coefficient (Wildman–Crippen LogP) is 1.94. The second-order valence-electron chi connectivity index (χ2n) is 3.24. The molecule has 1 aromatic heterocycles. The third-order valence-corrected chi connectivity index (χ3v) is 2.20. The standard InChI is InChI=1S/C11H12FN3/c1-13-6-10-11(15-7-14-10)8-4-2-3-5-9(8)12/h2-5,7,13H,6H2,1H3,(H,14,15). The molecule has 0 spiro atoms. The van der Waals surface area contributed by atoms with Gasteiger partial charge in [0.15, 0.2) is 0 Å². The zero-order chi connectivity index (χ0) is 10.7. The van der Waals surface area contributed by atoms with Gasteiger partial charge in [-0.15, -0.1) is 0 Å². The van der Waals surface area contributed by atoms with Crippen LogP contribution in [0.2, 0.25) is 0 Å². The highest BCUT2D eigenvalue weighted by molar-refractivity contribution is 5.62. The van der Waals surface area contributed by atoms with Crippen molar-refractivity contribution in [3.63, 3.8) is 0 Å². The van der Waals surface area contributed by atoms with Gasteiger partial charge in [-0.1, -0.05) is 12.1 Å². The summed E-state index contributed by atoms with van der Waals surface area (Å²) < 4.78 is 13.5. The largest absolute Gasteiger partial charge is 0.347 e. The Morgan fingerprint density at radius 2 is 2.20 bits per heavy atom. The highest BCUT2D eigenvalue weighted by Crippen LogP contribution is 2.22. The summed E-state index contributed by atoms with van der Waals surface area (Å²) in [6.45, 7) is 0.643. The van der Waals surface area contributed by atoms with Gasteiger partial charge < -0.3 is 10.3 Å². The Bertz CT molecular complexity index is 451. The van der Waals surface area contributed by atoms with Crippen LogP contribution in [0.25, 0.3) is 11.3 Å². The topological polar surface area (TPSA) is 40.7 Å². The van der Waals surface area contributed by atoms with Crippen molar-refractivity contribution >= 4 is 0 Å². The van der Waals surface area contributed by atoms with Crippen LogP contribution >= 0.6 is 0 Å². The fraction of sp³-hybridized carbons (Fsp3) is 0.182. The minimum Gasteiger partial charge on any atom is -0.347 e. The van der Waals surface area contributed by atoms with E-state index in [2.05, 4.69) is 15.3 Å². The summed E-state index contributed by atoms with van der Waals surface area (Å²) in [4.78, 5) is 7.12. The number of nitrogens with one attached hydrogen (secondary N) is 2. The predicted molar refractivity (Wildman–Crippen MR) is 56.7 cm³/mol. The van der Waals surface area contributed by atoms with Gasteiger partial charge in [0.05, 0.1) is 17.7 Å². The van der Waals surface area contributed by atoms with Crippen LogP contribution in [0, 0.1) is 5.82 Å². The van der Waals surface area contributed by atoms with Crippen LogP contribution in [-0.4, -0.2) is 17.0 Å². The number of aromatic amines is 1. The third-order valence-electron chi connectivity index (χ3n) is 2.20. The number of aromatic nitrogens is 2. The van der Waals surface area contributed by atoms with E-state index in [0.29, 0.717) is 17.8 Å². The lowest BCUT2D eigenvalue weighted by Gasteiger charge is -2.03. The van der Waals surface area contributed by atoms with E-state index in [4.69, 9.17) is 0 Å². The van der Waals surface area contributed by atoms with Gasteiger partial charge >= 0.3 is 0 Å². The lowest BCUT2D eigenvalue weighted by Crippen LogP contribution is -2.06. The van der Waals surface area contributed by atoms with Gasteiger partial charge in [-0.25, -0.2) is 9.37 Å². The van der Waals surface area contributed by atoms with Crippen molar-refractivity contribution in [2.24, 2.45) is 0 Å². The maximum absolute atomic E-state index is 13.5. The molecule has 2 N–H and O–H groups in total. The molecule has 0 aliphatic carbocycles. The summed E-state index contributed by atoms with van der Waals surface area (Å²) in [7, 11) is 1.84. The molecule has 78 valence electrons. The van der Waals surface area contributed by atoms with Crippen LogP contribution < -0.4 is 5.32 Å². The van der Waals surface area contributed by atoms with Crippen molar-refractivity contribution in [2.45, 2.75) is 6.54 Å². The van der Waals surface area contributed by atoms with E-state index in [0.717, 1.165) is 5.69 Å². The molecular weight excluding hydrogens is 193 g/mol. The first-order valence-electron chi connectivity index (χ1n) is 4.74. The molecule has 1 heterocycles. The molecule has 0 bridgehead atoms. The zero-order valence-electron chi connectivity index (χ0n) is 8.42. The second-order valence-corrected chi connectivity index (χ2v) is 3.24. The molecule has 0 radical (unpaired) electrons. The van der Waals surface area contributed by atoms with Gasteiger partial charge in [-0.2, -0.15) is 0 Å². The van der Waals surface area contributed by atoms with Crippen molar-refractivity contribution in [3.05, 3.63) is 42.1 Å². The lowest BCUT2D eigenvalue weighted by atomic mass is 10.1. The number of imidazole rings is 1. The molecule has 0 saturated carbocycles. The average molecular weight is 205 g/mol. The second kappa shape index (κ2) is 4.23. The fourth-order valence-corrected chi connectivity index (χ4v) is 1.52. The van der Waals surface area contributed by atoms with Crippen LogP contribution in [0.4, 0.5) is 4.39 Å². The van der Waals surface area contributed by atoms with Gasteiger partial charge in [0, 0.05) is 12.1 Å². The average Bonchev–Trinajstić information content (AvgIpc) is 2.67. The molecule has 15 heavy (non-hydrogen) atoms. The van der Waals surface area contributed by atoms with E-state index >= 15 is 0 Å². The van der Waals surface area contributed by atoms with Crippen molar-refractivity contribution in [1.82, 2.24) is 15.3 Å². The fourth-order valence-electron chi connectivity index (χ4n) is 1.52. The number of benzene rings is 1. The summed E-state index contributed by atoms with van der Waals surface area (Å²) in [5.41, 5.74) is 2.09. The minimum atomic E-state index is -0.248. The number of H-pyrrole nitrogens is 1. The molecule has 1 aromatic carbocycles. The molecule has 2 rings (SSSR count). The molecule has 0 aliphatic heterocycles. The van der Waals surface area contributed by atoms with E-state index in [1.807, 2.05) is 7.05 Å². The molecule has 2 aromatic rings. The van der Waals surface area contributed by atoms with E-state index in [-0.39, 0.29) is 5.82 Å². The van der Waals surface area contributed by atoms with Crippen molar-refractivity contribution in [1.29, 1.82) is 0 Å². The zero-order valence-corrected chi connectivity index (χ0v) is 8.42. The molecule has 0 unspecified atom stereocenters. The van der Waals surface area contributed by atoms with Crippen molar-refractivity contribution in [3.8, 4) is 11.3 Å². The normalized spacial score (nSPS) is 10.5. The number of nitrogens with zero attached hydrogens (tertiary/aromatic N) is 1. The highest BCUT2D eigenvalue weighted by Gasteiger charge is 2.10. The molecule has 3 nitrogen and oxygen atoms in total. The maximum Gasteiger partial charge on any atom is 0.132 e. The Kier molecular flexibility index (Phi) is 2.78. The Morgan fingerprint density at radius 1 is 1.40 bits per heavy atom. The van der Waals surface area contributed by atoms with Crippen LogP contribution in [0.1, 0.15) is 5.69 Å². The molecule has 0 amide bonds. The smallest absolute Gasteiger partial charge is 0.132 e. The van der Waals surface area contributed by atoms with Gasteiger partial charge in [-0.3, -0.25) is 0 Å². The Labute approximate surface area is 87.4 Å². The summed E-state index contributed by atoms with van der Waals surface area (Å²) in [6.07, 6.45) is 1.58. The van der Waals surface area contributed by atoms with Gasteiger partial charge in [-0.05, 0) is 19.2 Å².